The summed E-state index contributed by atoms with van der Waals surface area (Å²) in [5.74, 6) is 0.884. The minimum atomic E-state index is -0.330. The van der Waals surface area contributed by atoms with E-state index in [0.717, 1.165) is 42.7 Å². The fourth-order valence-corrected chi connectivity index (χ4v) is 2.35. The van der Waals surface area contributed by atoms with Gasteiger partial charge in [0.25, 0.3) is 0 Å². The summed E-state index contributed by atoms with van der Waals surface area (Å²) in [6.07, 6.45) is 2.26. The molecule has 1 N–H and O–H groups in total. The number of aliphatic hydroxyl groups is 1. The van der Waals surface area contributed by atoms with E-state index in [1.165, 1.54) is 0 Å². The SMILES string of the molecule is COCCCOCCOc1cccc2c1CCC2O. The fraction of sp³-hybridized carbons (Fsp3) is 0.600. The lowest BCUT2D eigenvalue weighted by molar-refractivity contribution is 0.0804. The van der Waals surface area contributed by atoms with Crippen molar-refractivity contribution in [2.24, 2.45) is 0 Å². The van der Waals surface area contributed by atoms with Crippen LogP contribution >= 0.6 is 0 Å². The normalized spacial score (nSPS) is 17.5. The van der Waals surface area contributed by atoms with Crippen LogP contribution in [-0.4, -0.2) is 38.6 Å². The highest BCUT2D eigenvalue weighted by atomic mass is 16.5. The van der Waals surface area contributed by atoms with Gasteiger partial charge in [-0.15, -0.1) is 0 Å². The Kier molecular flexibility index (Phi) is 5.63. The molecule has 0 heterocycles. The number of fused-ring (bicyclic) bond motifs is 1. The number of rotatable bonds is 8. The Balaban J connectivity index is 1.72. The molecule has 1 aliphatic rings. The zero-order valence-corrected chi connectivity index (χ0v) is 11.4. The van der Waals surface area contributed by atoms with E-state index in [2.05, 4.69) is 0 Å². The average Bonchev–Trinajstić information content (AvgIpc) is 2.81. The summed E-state index contributed by atoms with van der Waals surface area (Å²) in [6, 6.07) is 5.87. The van der Waals surface area contributed by atoms with Crippen molar-refractivity contribution in [3.8, 4) is 5.75 Å². The average molecular weight is 266 g/mol. The smallest absolute Gasteiger partial charge is 0.122 e. The molecule has 0 aromatic heterocycles. The van der Waals surface area contributed by atoms with Gasteiger partial charge in [0, 0.05) is 25.9 Å². The lowest BCUT2D eigenvalue weighted by atomic mass is 10.1. The third-order valence-corrected chi connectivity index (χ3v) is 3.32. The van der Waals surface area contributed by atoms with Crippen molar-refractivity contribution >= 4 is 0 Å². The molecule has 1 aliphatic carbocycles. The number of methoxy groups -OCH3 is 1. The van der Waals surface area contributed by atoms with Gasteiger partial charge in [-0.2, -0.15) is 0 Å². The summed E-state index contributed by atoms with van der Waals surface area (Å²) in [6.45, 7) is 2.54. The van der Waals surface area contributed by atoms with Gasteiger partial charge in [0.1, 0.15) is 12.4 Å². The van der Waals surface area contributed by atoms with E-state index in [9.17, 15) is 5.11 Å². The van der Waals surface area contributed by atoms with Crippen molar-refractivity contribution in [3.63, 3.8) is 0 Å². The minimum Gasteiger partial charge on any atom is -0.491 e. The van der Waals surface area contributed by atoms with Crippen LogP contribution in [0, 0.1) is 0 Å². The summed E-state index contributed by atoms with van der Waals surface area (Å²) in [5, 5.41) is 9.81. The van der Waals surface area contributed by atoms with Gasteiger partial charge >= 0.3 is 0 Å². The predicted molar refractivity (Wildman–Crippen MR) is 72.5 cm³/mol. The van der Waals surface area contributed by atoms with Crippen LogP contribution in [0.2, 0.25) is 0 Å². The molecule has 2 rings (SSSR count). The molecule has 0 fully saturated rings. The van der Waals surface area contributed by atoms with Gasteiger partial charge in [-0.05, 0) is 30.9 Å². The molecule has 0 aliphatic heterocycles. The predicted octanol–water partition coefficient (Wildman–Crippen LogP) is 2.10. The van der Waals surface area contributed by atoms with E-state index in [1.807, 2.05) is 18.2 Å². The molecule has 106 valence electrons. The molecule has 0 saturated carbocycles. The maximum atomic E-state index is 9.81. The van der Waals surface area contributed by atoms with Gasteiger partial charge < -0.3 is 19.3 Å². The molecule has 0 saturated heterocycles. The van der Waals surface area contributed by atoms with Crippen LogP contribution < -0.4 is 4.74 Å². The van der Waals surface area contributed by atoms with Crippen LogP contribution in [0.3, 0.4) is 0 Å². The third kappa shape index (κ3) is 3.93. The van der Waals surface area contributed by atoms with E-state index in [0.29, 0.717) is 19.8 Å². The zero-order chi connectivity index (χ0) is 13.5. The Morgan fingerprint density at radius 1 is 1.21 bits per heavy atom. The van der Waals surface area contributed by atoms with Gasteiger partial charge in [0.2, 0.25) is 0 Å². The number of benzene rings is 1. The van der Waals surface area contributed by atoms with Crippen molar-refractivity contribution in [3.05, 3.63) is 29.3 Å². The summed E-state index contributed by atoms with van der Waals surface area (Å²) in [7, 11) is 1.69. The van der Waals surface area contributed by atoms with Gasteiger partial charge in [-0.3, -0.25) is 0 Å². The van der Waals surface area contributed by atoms with E-state index in [-0.39, 0.29) is 6.10 Å². The molecule has 0 radical (unpaired) electrons. The molecule has 0 amide bonds. The van der Waals surface area contributed by atoms with E-state index >= 15 is 0 Å². The standard InChI is InChI=1S/C15H22O4/c1-17-8-3-9-18-10-11-19-15-5-2-4-12-13(15)6-7-14(12)16/h2,4-5,14,16H,3,6-11H2,1H3. The van der Waals surface area contributed by atoms with Gasteiger partial charge in [0.05, 0.1) is 12.7 Å². The molecule has 1 aromatic rings. The van der Waals surface area contributed by atoms with Gasteiger partial charge in [-0.1, -0.05) is 12.1 Å². The Morgan fingerprint density at radius 2 is 2.11 bits per heavy atom. The van der Waals surface area contributed by atoms with Crippen LogP contribution in [0.5, 0.6) is 5.75 Å². The summed E-state index contributed by atoms with van der Waals surface area (Å²) >= 11 is 0. The number of hydrogen-bond donors (Lipinski definition) is 1. The Bertz CT molecular complexity index is 392. The van der Waals surface area contributed by atoms with Crippen LogP contribution in [0.1, 0.15) is 30.1 Å². The van der Waals surface area contributed by atoms with Crippen molar-refractivity contribution in [1.82, 2.24) is 0 Å². The van der Waals surface area contributed by atoms with E-state index < -0.39 is 0 Å². The third-order valence-electron chi connectivity index (χ3n) is 3.32. The lowest BCUT2D eigenvalue weighted by Crippen LogP contribution is -2.09. The van der Waals surface area contributed by atoms with Crippen molar-refractivity contribution in [2.75, 3.05) is 33.5 Å². The van der Waals surface area contributed by atoms with Crippen LogP contribution in [-0.2, 0) is 15.9 Å². The monoisotopic (exact) mass is 266 g/mol. The second-order valence-electron chi connectivity index (χ2n) is 4.69. The van der Waals surface area contributed by atoms with Gasteiger partial charge in [0.15, 0.2) is 0 Å². The maximum absolute atomic E-state index is 9.81. The molecule has 0 spiro atoms. The molecule has 1 aromatic carbocycles. The molecular weight excluding hydrogens is 244 g/mol. The van der Waals surface area contributed by atoms with Crippen molar-refractivity contribution in [2.45, 2.75) is 25.4 Å². The molecular formula is C15H22O4. The second-order valence-corrected chi connectivity index (χ2v) is 4.69. The van der Waals surface area contributed by atoms with Crippen LogP contribution in [0.4, 0.5) is 0 Å². The molecule has 0 bridgehead atoms. The Hall–Kier alpha value is -1.10. The number of aliphatic hydroxyl groups excluding tert-OH is 1. The fourth-order valence-electron chi connectivity index (χ4n) is 2.35. The lowest BCUT2D eigenvalue weighted by Gasteiger charge is -2.11. The highest BCUT2D eigenvalue weighted by Gasteiger charge is 2.22. The Morgan fingerprint density at radius 3 is 2.95 bits per heavy atom. The zero-order valence-electron chi connectivity index (χ0n) is 11.4. The van der Waals surface area contributed by atoms with Crippen molar-refractivity contribution < 1.29 is 19.3 Å². The van der Waals surface area contributed by atoms with Crippen LogP contribution in [0.25, 0.3) is 0 Å². The van der Waals surface area contributed by atoms with E-state index in [4.69, 9.17) is 14.2 Å². The molecule has 19 heavy (non-hydrogen) atoms. The van der Waals surface area contributed by atoms with Crippen molar-refractivity contribution in [1.29, 1.82) is 0 Å². The van der Waals surface area contributed by atoms with Gasteiger partial charge in [-0.25, -0.2) is 0 Å². The summed E-state index contributed by atoms with van der Waals surface area (Å²) in [4.78, 5) is 0. The number of ether oxygens (including phenoxy) is 3. The molecule has 1 unspecified atom stereocenters. The molecule has 1 atom stereocenters. The molecule has 4 nitrogen and oxygen atoms in total. The summed E-state index contributed by atoms with van der Waals surface area (Å²) < 4.78 is 16.1. The molecule has 4 heteroatoms. The first-order valence-corrected chi connectivity index (χ1v) is 6.82. The Labute approximate surface area is 114 Å². The first-order chi connectivity index (χ1) is 9.33. The largest absolute Gasteiger partial charge is 0.491 e. The second kappa shape index (κ2) is 7.48. The summed E-state index contributed by atoms with van der Waals surface area (Å²) in [5.41, 5.74) is 2.16. The van der Waals surface area contributed by atoms with E-state index in [1.54, 1.807) is 7.11 Å². The quantitative estimate of drug-likeness (QED) is 0.732. The minimum absolute atomic E-state index is 0.330. The first kappa shape index (κ1) is 14.3. The topological polar surface area (TPSA) is 47.9 Å². The number of hydrogen-bond acceptors (Lipinski definition) is 4. The first-order valence-electron chi connectivity index (χ1n) is 6.82. The van der Waals surface area contributed by atoms with Crippen LogP contribution in [0.15, 0.2) is 18.2 Å². The highest BCUT2D eigenvalue weighted by molar-refractivity contribution is 5.44. The maximum Gasteiger partial charge on any atom is 0.122 e. The highest BCUT2D eigenvalue weighted by Crippen LogP contribution is 2.36.